The van der Waals surface area contributed by atoms with Gasteiger partial charge in [0, 0.05) is 19.5 Å². The first-order chi connectivity index (χ1) is 6.84. The van der Waals surface area contributed by atoms with E-state index >= 15 is 0 Å². The van der Waals surface area contributed by atoms with E-state index in [9.17, 15) is 0 Å². The van der Waals surface area contributed by atoms with E-state index in [1.165, 1.54) is 24.2 Å². The molecule has 0 amide bonds. The summed E-state index contributed by atoms with van der Waals surface area (Å²) in [4.78, 5) is 0. The van der Waals surface area contributed by atoms with E-state index in [0.29, 0.717) is 6.04 Å². The Morgan fingerprint density at radius 1 is 1.43 bits per heavy atom. The molecule has 0 saturated heterocycles. The van der Waals surface area contributed by atoms with Crippen LogP contribution in [-0.2, 0) is 13.0 Å². The molecule has 3 rings (SSSR count). The highest BCUT2D eigenvalue weighted by molar-refractivity contribution is 5.14. The van der Waals surface area contributed by atoms with E-state index in [2.05, 4.69) is 27.2 Å². The van der Waals surface area contributed by atoms with Gasteiger partial charge in [-0.2, -0.15) is 0 Å². The molecule has 0 radical (unpaired) electrons. The van der Waals surface area contributed by atoms with Crippen molar-refractivity contribution in [3.8, 4) is 0 Å². The Bertz CT molecular complexity index is 338. The van der Waals surface area contributed by atoms with Gasteiger partial charge in [0.05, 0.1) is 17.4 Å². The SMILES string of the molecule is CC1CC(n2nnc3c2CNCC3)C1. The van der Waals surface area contributed by atoms with Crippen LogP contribution in [0, 0.1) is 5.92 Å². The fourth-order valence-corrected chi connectivity index (χ4v) is 2.49. The molecule has 1 aliphatic heterocycles. The lowest BCUT2D eigenvalue weighted by atomic mass is 9.82. The van der Waals surface area contributed by atoms with Crippen LogP contribution in [0.3, 0.4) is 0 Å². The van der Waals surface area contributed by atoms with Crippen LogP contribution in [0.25, 0.3) is 0 Å². The normalized spacial score (nSPS) is 30.9. The van der Waals surface area contributed by atoms with Crippen molar-refractivity contribution in [1.82, 2.24) is 20.3 Å². The van der Waals surface area contributed by atoms with Gasteiger partial charge in [-0.25, -0.2) is 4.68 Å². The zero-order valence-corrected chi connectivity index (χ0v) is 8.53. The van der Waals surface area contributed by atoms with Gasteiger partial charge < -0.3 is 5.32 Å². The van der Waals surface area contributed by atoms with Crippen LogP contribution in [0.5, 0.6) is 0 Å². The van der Waals surface area contributed by atoms with E-state index in [1.807, 2.05) is 0 Å². The number of hydrogen-bond acceptors (Lipinski definition) is 3. The van der Waals surface area contributed by atoms with Gasteiger partial charge in [-0.3, -0.25) is 0 Å². The summed E-state index contributed by atoms with van der Waals surface area (Å²) in [5.74, 6) is 0.872. The van der Waals surface area contributed by atoms with Crippen molar-refractivity contribution < 1.29 is 0 Å². The summed E-state index contributed by atoms with van der Waals surface area (Å²) in [6, 6.07) is 0.626. The lowest BCUT2D eigenvalue weighted by Gasteiger charge is -2.33. The molecule has 1 aromatic heterocycles. The van der Waals surface area contributed by atoms with Gasteiger partial charge in [0.1, 0.15) is 0 Å². The van der Waals surface area contributed by atoms with Crippen molar-refractivity contribution in [2.75, 3.05) is 6.54 Å². The van der Waals surface area contributed by atoms with Crippen LogP contribution in [0.1, 0.15) is 37.2 Å². The summed E-state index contributed by atoms with van der Waals surface area (Å²) in [5, 5.41) is 11.9. The molecule has 0 bridgehead atoms. The van der Waals surface area contributed by atoms with Crippen LogP contribution in [0.15, 0.2) is 0 Å². The highest BCUT2D eigenvalue weighted by Crippen LogP contribution is 2.37. The fourth-order valence-electron chi connectivity index (χ4n) is 2.49. The second-order valence-electron chi connectivity index (χ2n) is 4.58. The topological polar surface area (TPSA) is 42.7 Å². The molecule has 1 N–H and O–H groups in total. The maximum atomic E-state index is 4.28. The minimum absolute atomic E-state index is 0.626. The Labute approximate surface area is 83.7 Å². The molecule has 4 heteroatoms. The number of nitrogens with one attached hydrogen (secondary N) is 1. The summed E-state index contributed by atoms with van der Waals surface area (Å²) in [5.41, 5.74) is 2.54. The molecule has 4 nitrogen and oxygen atoms in total. The third kappa shape index (κ3) is 1.17. The van der Waals surface area contributed by atoms with Gasteiger partial charge in [-0.05, 0) is 18.8 Å². The Morgan fingerprint density at radius 3 is 3.07 bits per heavy atom. The summed E-state index contributed by atoms with van der Waals surface area (Å²) in [7, 11) is 0. The monoisotopic (exact) mass is 192 g/mol. The van der Waals surface area contributed by atoms with Gasteiger partial charge in [0.2, 0.25) is 0 Å². The van der Waals surface area contributed by atoms with E-state index < -0.39 is 0 Å². The molecule has 2 aliphatic rings. The third-order valence-corrected chi connectivity index (χ3v) is 3.40. The summed E-state index contributed by atoms with van der Waals surface area (Å²) in [6.45, 7) is 4.30. The minimum atomic E-state index is 0.626. The first-order valence-corrected chi connectivity index (χ1v) is 5.48. The molecule has 76 valence electrons. The van der Waals surface area contributed by atoms with Crippen molar-refractivity contribution in [3.05, 3.63) is 11.4 Å². The number of fused-ring (bicyclic) bond motifs is 1. The molecule has 1 fully saturated rings. The number of aromatic nitrogens is 3. The Hall–Kier alpha value is -0.900. The first kappa shape index (κ1) is 8.41. The zero-order valence-electron chi connectivity index (χ0n) is 8.53. The molecule has 1 aromatic rings. The molecule has 0 atom stereocenters. The minimum Gasteiger partial charge on any atom is -0.311 e. The average Bonchev–Trinajstić information content (AvgIpc) is 2.56. The number of hydrogen-bond donors (Lipinski definition) is 1. The summed E-state index contributed by atoms with van der Waals surface area (Å²) in [6.07, 6.45) is 3.59. The lowest BCUT2D eigenvalue weighted by molar-refractivity contribution is 0.192. The lowest BCUT2D eigenvalue weighted by Crippen LogP contribution is -2.31. The smallest absolute Gasteiger partial charge is 0.0885 e. The molecular formula is C10H16N4. The molecule has 0 spiro atoms. The zero-order chi connectivity index (χ0) is 9.54. The van der Waals surface area contributed by atoms with Crippen molar-refractivity contribution in [1.29, 1.82) is 0 Å². The Kier molecular flexibility index (Phi) is 1.83. The molecule has 1 saturated carbocycles. The molecule has 2 heterocycles. The summed E-state index contributed by atoms with van der Waals surface area (Å²) < 4.78 is 2.15. The van der Waals surface area contributed by atoms with Crippen molar-refractivity contribution in [2.45, 2.75) is 38.8 Å². The molecule has 0 unspecified atom stereocenters. The van der Waals surface area contributed by atoms with E-state index in [0.717, 1.165) is 25.4 Å². The highest BCUT2D eigenvalue weighted by Gasteiger charge is 2.30. The first-order valence-electron chi connectivity index (χ1n) is 5.48. The van der Waals surface area contributed by atoms with Gasteiger partial charge in [0.25, 0.3) is 0 Å². The van der Waals surface area contributed by atoms with Crippen molar-refractivity contribution in [2.24, 2.45) is 5.92 Å². The highest BCUT2D eigenvalue weighted by atomic mass is 15.5. The van der Waals surface area contributed by atoms with E-state index in [4.69, 9.17) is 0 Å². The van der Waals surface area contributed by atoms with Crippen molar-refractivity contribution in [3.63, 3.8) is 0 Å². The van der Waals surface area contributed by atoms with Crippen LogP contribution in [0.4, 0.5) is 0 Å². The quantitative estimate of drug-likeness (QED) is 0.718. The fraction of sp³-hybridized carbons (Fsp3) is 0.800. The predicted molar refractivity (Wildman–Crippen MR) is 52.9 cm³/mol. The largest absolute Gasteiger partial charge is 0.311 e. The molecule has 14 heavy (non-hydrogen) atoms. The third-order valence-electron chi connectivity index (χ3n) is 3.40. The van der Waals surface area contributed by atoms with Gasteiger partial charge in [0.15, 0.2) is 0 Å². The van der Waals surface area contributed by atoms with E-state index in [1.54, 1.807) is 0 Å². The summed E-state index contributed by atoms with van der Waals surface area (Å²) >= 11 is 0. The van der Waals surface area contributed by atoms with Gasteiger partial charge >= 0.3 is 0 Å². The predicted octanol–water partition coefficient (Wildman–Crippen LogP) is 0.895. The van der Waals surface area contributed by atoms with Gasteiger partial charge in [-0.15, -0.1) is 5.10 Å². The maximum absolute atomic E-state index is 4.28. The molecule has 1 aliphatic carbocycles. The maximum Gasteiger partial charge on any atom is 0.0885 e. The Balaban J connectivity index is 1.87. The van der Waals surface area contributed by atoms with Gasteiger partial charge in [-0.1, -0.05) is 12.1 Å². The molecular weight excluding hydrogens is 176 g/mol. The number of nitrogens with zero attached hydrogens (tertiary/aromatic N) is 3. The Morgan fingerprint density at radius 2 is 2.29 bits per heavy atom. The van der Waals surface area contributed by atoms with Crippen LogP contribution in [0.2, 0.25) is 0 Å². The van der Waals surface area contributed by atoms with Crippen LogP contribution >= 0.6 is 0 Å². The second kappa shape index (κ2) is 3.05. The van der Waals surface area contributed by atoms with Crippen LogP contribution in [-0.4, -0.2) is 21.5 Å². The van der Waals surface area contributed by atoms with E-state index in [-0.39, 0.29) is 0 Å². The van der Waals surface area contributed by atoms with Crippen molar-refractivity contribution >= 4 is 0 Å². The molecule has 0 aromatic carbocycles. The second-order valence-corrected chi connectivity index (χ2v) is 4.58. The standard InChI is InChI=1S/C10H16N4/c1-7-4-8(5-7)14-10-6-11-3-2-9(10)12-13-14/h7-8,11H,2-6H2,1H3. The van der Waals surface area contributed by atoms with Crippen LogP contribution < -0.4 is 5.32 Å². The number of rotatable bonds is 1. The average molecular weight is 192 g/mol.